The summed E-state index contributed by atoms with van der Waals surface area (Å²) in [7, 11) is 0. The van der Waals surface area contributed by atoms with E-state index in [1.807, 2.05) is 13.0 Å². The number of nitrogens with zero attached hydrogens (tertiary/aromatic N) is 2. The maximum atomic E-state index is 12.1. The fraction of sp³-hybridized carbons (Fsp3) is 0.375. The smallest absolute Gasteiger partial charge is 0.255 e. The quantitative estimate of drug-likeness (QED) is 0.925. The van der Waals surface area contributed by atoms with Crippen LogP contribution in [0.25, 0.3) is 0 Å². The van der Waals surface area contributed by atoms with Crippen molar-refractivity contribution in [2.45, 2.75) is 32.9 Å². The Kier molecular flexibility index (Phi) is 3.65. The molecule has 0 saturated heterocycles. The highest BCUT2D eigenvalue weighted by Gasteiger charge is 2.20. The first-order valence-corrected chi connectivity index (χ1v) is 7.13. The molecule has 20 heavy (non-hydrogen) atoms. The number of aryl methyl sites for hydroxylation is 1. The largest absolute Gasteiger partial charge is 0.310 e. The van der Waals surface area contributed by atoms with Crippen LogP contribution in [0.2, 0.25) is 0 Å². The Balaban J connectivity index is 1.80. The number of aromatic amines is 1. The first-order chi connectivity index (χ1) is 9.76. The van der Waals surface area contributed by atoms with Gasteiger partial charge < -0.3 is 4.98 Å². The highest BCUT2D eigenvalue weighted by molar-refractivity contribution is 5.22. The summed E-state index contributed by atoms with van der Waals surface area (Å²) < 4.78 is 0. The molecule has 4 nitrogen and oxygen atoms in total. The van der Waals surface area contributed by atoms with Crippen molar-refractivity contribution in [3.8, 4) is 0 Å². The molecule has 0 amide bonds. The lowest BCUT2D eigenvalue weighted by Gasteiger charge is -2.27. The number of benzene rings is 1. The van der Waals surface area contributed by atoms with E-state index in [9.17, 15) is 4.79 Å². The average Bonchev–Trinajstić information content (AvgIpc) is 2.48. The van der Waals surface area contributed by atoms with Crippen LogP contribution in [0.1, 0.15) is 29.6 Å². The van der Waals surface area contributed by atoms with E-state index in [1.165, 1.54) is 5.56 Å². The third-order valence-electron chi connectivity index (χ3n) is 3.78. The molecular formula is C16H19N3O. The summed E-state index contributed by atoms with van der Waals surface area (Å²) in [6.45, 7) is 4.54. The molecule has 1 N–H and O–H groups in total. The average molecular weight is 269 g/mol. The highest BCUT2D eigenvalue weighted by Crippen LogP contribution is 2.16. The zero-order valence-corrected chi connectivity index (χ0v) is 11.7. The van der Waals surface area contributed by atoms with Gasteiger partial charge in [-0.25, -0.2) is 4.98 Å². The van der Waals surface area contributed by atoms with E-state index in [4.69, 9.17) is 0 Å². The molecule has 1 aromatic heterocycles. The predicted molar refractivity (Wildman–Crippen MR) is 78.5 cm³/mol. The van der Waals surface area contributed by atoms with Crippen molar-refractivity contribution in [1.29, 1.82) is 0 Å². The van der Waals surface area contributed by atoms with Gasteiger partial charge in [-0.1, -0.05) is 37.3 Å². The lowest BCUT2D eigenvalue weighted by molar-refractivity contribution is 0.241. The van der Waals surface area contributed by atoms with Crippen LogP contribution in [0, 0.1) is 0 Å². The molecule has 1 aliphatic heterocycles. The summed E-state index contributed by atoms with van der Waals surface area (Å²) in [6, 6.07) is 10.4. The fourth-order valence-corrected chi connectivity index (χ4v) is 2.68. The van der Waals surface area contributed by atoms with Crippen molar-refractivity contribution in [3.05, 3.63) is 63.3 Å². The Morgan fingerprint density at radius 2 is 2.10 bits per heavy atom. The normalized spacial score (nSPS) is 15.1. The number of nitrogens with one attached hydrogen (secondary N) is 1. The van der Waals surface area contributed by atoms with Crippen LogP contribution in [0.5, 0.6) is 0 Å². The Morgan fingerprint density at radius 1 is 1.30 bits per heavy atom. The molecule has 0 spiro atoms. The summed E-state index contributed by atoms with van der Waals surface area (Å²) in [4.78, 5) is 21.9. The van der Waals surface area contributed by atoms with Gasteiger partial charge in [0.1, 0.15) is 5.82 Å². The molecule has 104 valence electrons. The van der Waals surface area contributed by atoms with Gasteiger partial charge >= 0.3 is 0 Å². The maximum Gasteiger partial charge on any atom is 0.255 e. The Hall–Kier alpha value is -1.94. The van der Waals surface area contributed by atoms with Crippen molar-refractivity contribution < 1.29 is 0 Å². The van der Waals surface area contributed by atoms with E-state index in [-0.39, 0.29) is 5.56 Å². The van der Waals surface area contributed by atoms with Crippen LogP contribution in [-0.2, 0) is 25.9 Å². The van der Waals surface area contributed by atoms with E-state index < -0.39 is 0 Å². The van der Waals surface area contributed by atoms with Gasteiger partial charge in [-0.05, 0) is 5.56 Å². The van der Waals surface area contributed by atoms with E-state index in [0.29, 0.717) is 6.54 Å². The summed E-state index contributed by atoms with van der Waals surface area (Å²) in [5, 5.41) is 0. The van der Waals surface area contributed by atoms with Crippen LogP contribution >= 0.6 is 0 Å². The Morgan fingerprint density at radius 3 is 2.85 bits per heavy atom. The molecule has 2 aromatic rings. The van der Waals surface area contributed by atoms with E-state index in [2.05, 4.69) is 39.1 Å². The molecule has 0 radical (unpaired) electrons. The maximum absolute atomic E-state index is 12.1. The summed E-state index contributed by atoms with van der Waals surface area (Å²) in [5.41, 5.74) is 3.13. The molecule has 4 heteroatoms. The molecule has 0 atom stereocenters. The Bertz CT molecular complexity index is 649. The van der Waals surface area contributed by atoms with Gasteiger partial charge in [0, 0.05) is 32.5 Å². The van der Waals surface area contributed by atoms with Crippen LogP contribution in [0.15, 0.2) is 35.1 Å². The zero-order valence-electron chi connectivity index (χ0n) is 11.7. The molecule has 0 unspecified atom stereocenters. The van der Waals surface area contributed by atoms with Crippen molar-refractivity contribution in [2.24, 2.45) is 0 Å². The predicted octanol–water partition coefficient (Wildman–Crippen LogP) is 1.89. The molecule has 1 aliphatic rings. The number of hydrogen-bond acceptors (Lipinski definition) is 3. The Labute approximate surface area is 118 Å². The van der Waals surface area contributed by atoms with Gasteiger partial charge in [0.2, 0.25) is 0 Å². The number of aromatic nitrogens is 2. The monoisotopic (exact) mass is 269 g/mol. The van der Waals surface area contributed by atoms with Gasteiger partial charge in [0.25, 0.3) is 5.56 Å². The zero-order chi connectivity index (χ0) is 13.9. The second-order valence-corrected chi connectivity index (χ2v) is 5.24. The van der Waals surface area contributed by atoms with Crippen molar-refractivity contribution in [3.63, 3.8) is 0 Å². The van der Waals surface area contributed by atoms with Crippen LogP contribution in [0.4, 0.5) is 0 Å². The minimum atomic E-state index is 0.0320. The van der Waals surface area contributed by atoms with Gasteiger partial charge in [-0.15, -0.1) is 0 Å². The summed E-state index contributed by atoms with van der Waals surface area (Å²) in [6.07, 6.45) is 1.63. The third-order valence-corrected chi connectivity index (χ3v) is 3.78. The van der Waals surface area contributed by atoms with Crippen LogP contribution in [-0.4, -0.2) is 21.4 Å². The van der Waals surface area contributed by atoms with Gasteiger partial charge in [-0.2, -0.15) is 0 Å². The lowest BCUT2D eigenvalue weighted by Crippen LogP contribution is -2.35. The van der Waals surface area contributed by atoms with Crippen molar-refractivity contribution in [1.82, 2.24) is 14.9 Å². The molecule has 0 bridgehead atoms. The van der Waals surface area contributed by atoms with E-state index >= 15 is 0 Å². The molecule has 0 aliphatic carbocycles. The van der Waals surface area contributed by atoms with Crippen LogP contribution < -0.4 is 5.56 Å². The number of H-pyrrole nitrogens is 1. The summed E-state index contributed by atoms with van der Waals surface area (Å²) >= 11 is 0. The van der Waals surface area contributed by atoms with Crippen molar-refractivity contribution >= 4 is 0 Å². The molecule has 2 heterocycles. The number of fused-ring (bicyclic) bond motifs is 1. The van der Waals surface area contributed by atoms with Crippen molar-refractivity contribution in [2.75, 3.05) is 6.54 Å². The second kappa shape index (κ2) is 5.59. The SMILES string of the molecule is CCc1nc2c(c(=O)[nH]1)CN(Cc1ccccc1)CC2. The molecule has 3 rings (SSSR count). The first-order valence-electron chi connectivity index (χ1n) is 7.13. The molecule has 0 fully saturated rings. The fourth-order valence-electron chi connectivity index (χ4n) is 2.68. The van der Waals surface area contributed by atoms with Gasteiger partial charge in [0.05, 0.1) is 11.3 Å². The van der Waals surface area contributed by atoms with E-state index in [1.54, 1.807) is 0 Å². The van der Waals surface area contributed by atoms with E-state index in [0.717, 1.165) is 43.0 Å². The third kappa shape index (κ3) is 2.65. The topological polar surface area (TPSA) is 49.0 Å². The minimum absolute atomic E-state index is 0.0320. The molecule has 1 aromatic carbocycles. The number of rotatable bonds is 3. The highest BCUT2D eigenvalue weighted by atomic mass is 16.1. The molecule has 0 saturated carbocycles. The van der Waals surface area contributed by atoms with Crippen LogP contribution in [0.3, 0.4) is 0 Å². The van der Waals surface area contributed by atoms with Gasteiger partial charge in [-0.3, -0.25) is 9.69 Å². The number of hydrogen-bond donors (Lipinski definition) is 1. The molecular weight excluding hydrogens is 250 g/mol. The first kappa shape index (κ1) is 13.1. The summed E-state index contributed by atoms with van der Waals surface area (Å²) in [5.74, 6) is 0.797. The minimum Gasteiger partial charge on any atom is -0.310 e. The second-order valence-electron chi connectivity index (χ2n) is 5.24. The standard InChI is InChI=1S/C16H19N3O/c1-2-15-17-14-8-9-19(11-13(14)16(20)18-15)10-12-6-4-3-5-7-12/h3-7H,2,8-11H2,1H3,(H,17,18,20). The lowest BCUT2D eigenvalue weighted by atomic mass is 10.1. The van der Waals surface area contributed by atoms with Gasteiger partial charge in [0.15, 0.2) is 0 Å².